The molecule has 4 rings (SSSR count). The molecule has 4 aromatic rings. The molecule has 0 saturated carbocycles. The minimum atomic E-state index is 0.746. The maximum absolute atomic E-state index is 5.87. The maximum atomic E-state index is 5.87. The van der Waals surface area contributed by atoms with Crippen molar-refractivity contribution >= 4 is 34.7 Å². The van der Waals surface area contributed by atoms with E-state index >= 15 is 0 Å². The third-order valence-electron chi connectivity index (χ3n) is 4.31. The topological polar surface area (TPSA) is 54.5 Å². The molecule has 4 heteroatoms. The summed E-state index contributed by atoms with van der Waals surface area (Å²) in [4.78, 5) is 11.0. The number of pyridine rings is 1. The van der Waals surface area contributed by atoms with Gasteiger partial charge in [0, 0.05) is 28.9 Å². The van der Waals surface area contributed by atoms with Crippen molar-refractivity contribution in [1.29, 1.82) is 0 Å². The fourth-order valence-electron chi connectivity index (χ4n) is 2.93. The van der Waals surface area contributed by atoms with Gasteiger partial charge in [0.1, 0.15) is 0 Å². The van der Waals surface area contributed by atoms with Gasteiger partial charge in [0.2, 0.25) is 0 Å². The van der Waals surface area contributed by atoms with E-state index in [2.05, 4.69) is 39.1 Å². The second-order valence-corrected chi connectivity index (χ2v) is 6.29. The number of nitrogens with two attached hydrogens (primary N) is 1. The van der Waals surface area contributed by atoms with Crippen LogP contribution in [0.3, 0.4) is 0 Å². The van der Waals surface area contributed by atoms with Crippen LogP contribution in [-0.2, 0) is 0 Å². The minimum absolute atomic E-state index is 0.746. The molecular formula is C24H20N4. The molecule has 0 aliphatic rings. The van der Waals surface area contributed by atoms with Gasteiger partial charge in [-0.2, -0.15) is 0 Å². The summed E-state index contributed by atoms with van der Waals surface area (Å²) >= 11 is 0. The second kappa shape index (κ2) is 8.18. The first kappa shape index (κ1) is 17.5. The molecule has 3 aromatic carbocycles. The van der Waals surface area contributed by atoms with E-state index in [1.165, 1.54) is 0 Å². The number of nitrogens with zero attached hydrogens (tertiary/aromatic N) is 3. The number of aromatic nitrogens is 1. The Morgan fingerprint density at radius 3 is 1.93 bits per heavy atom. The van der Waals surface area contributed by atoms with Gasteiger partial charge in [-0.3, -0.25) is 9.98 Å². The number of nitrogen functional groups attached to an aromatic ring is 1. The molecule has 0 amide bonds. The standard InChI is InChI=1S/C24H20N4/c25-19-9-13-23(14-10-19)28(22-7-2-1-3-8-22)24-15-11-20(12-16-24)27-18-21-6-4-5-17-26-21/h1-18H,25H2. The summed E-state index contributed by atoms with van der Waals surface area (Å²) in [6.45, 7) is 0. The Morgan fingerprint density at radius 1 is 0.679 bits per heavy atom. The lowest BCUT2D eigenvalue weighted by molar-refractivity contribution is 1.28. The van der Waals surface area contributed by atoms with Crippen molar-refractivity contribution < 1.29 is 0 Å². The van der Waals surface area contributed by atoms with Crippen LogP contribution in [0.25, 0.3) is 0 Å². The Kier molecular flexibility index (Phi) is 5.11. The molecule has 0 saturated heterocycles. The molecule has 0 atom stereocenters. The lowest BCUT2D eigenvalue weighted by Crippen LogP contribution is -2.09. The SMILES string of the molecule is Nc1ccc(N(c2ccccc2)c2ccc(N=Cc3ccccn3)cc2)cc1. The molecule has 2 N–H and O–H groups in total. The summed E-state index contributed by atoms with van der Waals surface area (Å²) in [6, 6.07) is 32.0. The molecule has 0 fully saturated rings. The average Bonchev–Trinajstić information content (AvgIpc) is 2.76. The summed E-state index contributed by atoms with van der Waals surface area (Å²) in [5.41, 5.74) is 11.5. The fourth-order valence-corrected chi connectivity index (χ4v) is 2.93. The van der Waals surface area contributed by atoms with E-state index in [0.29, 0.717) is 0 Å². The van der Waals surface area contributed by atoms with Crippen molar-refractivity contribution in [3.63, 3.8) is 0 Å². The Labute approximate surface area is 164 Å². The zero-order valence-electron chi connectivity index (χ0n) is 15.3. The van der Waals surface area contributed by atoms with E-state index in [-0.39, 0.29) is 0 Å². The molecule has 4 nitrogen and oxygen atoms in total. The summed E-state index contributed by atoms with van der Waals surface area (Å²) in [5.74, 6) is 0. The van der Waals surface area contributed by atoms with Crippen molar-refractivity contribution in [1.82, 2.24) is 4.98 Å². The first-order valence-corrected chi connectivity index (χ1v) is 9.05. The molecule has 0 aliphatic heterocycles. The van der Waals surface area contributed by atoms with Crippen LogP contribution < -0.4 is 10.6 Å². The number of anilines is 4. The van der Waals surface area contributed by atoms with Gasteiger partial charge in [0.05, 0.1) is 17.6 Å². The van der Waals surface area contributed by atoms with Crippen molar-refractivity contribution in [3.8, 4) is 0 Å². The number of hydrogen-bond acceptors (Lipinski definition) is 4. The Bertz CT molecular complexity index is 1040. The zero-order valence-corrected chi connectivity index (χ0v) is 15.3. The summed E-state index contributed by atoms with van der Waals surface area (Å²) < 4.78 is 0. The number of hydrogen-bond donors (Lipinski definition) is 1. The smallest absolute Gasteiger partial charge is 0.0812 e. The van der Waals surface area contributed by atoms with Crippen LogP contribution in [0.1, 0.15) is 5.69 Å². The summed E-state index contributed by atoms with van der Waals surface area (Å²) in [5, 5.41) is 0. The van der Waals surface area contributed by atoms with E-state index in [1.807, 2.05) is 72.8 Å². The van der Waals surface area contributed by atoms with E-state index in [0.717, 1.165) is 34.1 Å². The van der Waals surface area contributed by atoms with Crippen LogP contribution in [0.15, 0.2) is 108 Å². The molecule has 28 heavy (non-hydrogen) atoms. The number of aliphatic imine (C=N–C) groups is 1. The van der Waals surface area contributed by atoms with E-state index in [9.17, 15) is 0 Å². The highest BCUT2D eigenvalue weighted by Gasteiger charge is 2.11. The maximum Gasteiger partial charge on any atom is 0.0812 e. The predicted octanol–water partition coefficient (Wildman–Crippen LogP) is 5.88. The largest absolute Gasteiger partial charge is 0.399 e. The number of benzene rings is 3. The van der Waals surface area contributed by atoms with Crippen LogP contribution in [0, 0.1) is 0 Å². The van der Waals surface area contributed by atoms with Gasteiger partial charge in [-0.05, 0) is 72.8 Å². The Morgan fingerprint density at radius 2 is 1.29 bits per heavy atom. The molecule has 1 heterocycles. The third kappa shape index (κ3) is 4.07. The zero-order chi connectivity index (χ0) is 19.2. The van der Waals surface area contributed by atoms with E-state index in [1.54, 1.807) is 12.4 Å². The van der Waals surface area contributed by atoms with Gasteiger partial charge in [0.15, 0.2) is 0 Å². The van der Waals surface area contributed by atoms with Crippen molar-refractivity contribution in [2.24, 2.45) is 4.99 Å². The molecule has 0 radical (unpaired) electrons. The van der Waals surface area contributed by atoms with Crippen LogP contribution in [0.5, 0.6) is 0 Å². The summed E-state index contributed by atoms with van der Waals surface area (Å²) in [7, 11) is 0. The third-order valence-corrected chi connectivity index (χ3v) is 4.31. The molecule has 1 aromatic heterocycles. The van der Waals surface area contributed by atoms with Crippen molar-refractivity contribution in [3.05, 3.63) is 109 Å². The quantitative estimate of drug-likeness (QED) is 0.355. The number of para-hydroxylation sites is 1. The van der Waals surface area contributed by atoms with Gasteiger partial charge in [-0.15, -0.1) is 0 Å². The lowest BCUT2D eigenvalue weighted by Gasteiger charge is -2.25. The van der Waals surface area contributed by atoms with E-state index in [4.69, 9.17) is 5.73 Å². The molecular weight excluding hydrogens is 344 g/mol. The lowest BCUT2D eigenvalue weighted by atomic mass is 10.2. The molecule has 136 valence electrons. The highest BCUT2D eigenvalue weighted by molar-refractivity contribution is 5.81. The van der Waals surface area contributed by atoms with Crippen LogP contribution in [-0.4, -0.2) is 11.2 Å². The van der Waals surface area contributed by atoms with Crippen molar-refractivity contribution in [2.75, 3.05) is 10.6 Å². The van der Waals surface area contributed by atoms with Crippen LogP contribution in [0.4, 0.5) is 28.4 Å². The van der Waals surface area contributed by atoms with Gasteiger partial charge in [0.25, 0.3) is 0 Å². The van der Waals surface area contributed by atoms with Gasteiger partial charge in [-0.25, -0.2) is 0 Å². The van der Waals surface area contributed by atoms with Gasteiger partial charge in [-0.1, -0.05) is 24.3 Å². The molecule has 0 bridgehead atoms. The fraction of sp³-hybridized carbons (Fsp3) is 0. The highest BCUT2D eigenvalue weighted by atomic mass is 15.1. The van der Waals surface area contributed by atoms with Gasteiger partial charge >= 0.3 is 0 Å². The molecule has 0 aliphatic carbocycles. The van der Waals surface area contributed by atoms with E-state index < -0.39 is 0 Å². The first-order valence-electron chi connectivity index (χ1n) is 9.05. The normalized spacial score (nSPS) is 10.9. The van der Waals surface area contributed by atoms with Crippen LogP contribution in [0.2, 0.25) is 0 Å². The average molecular weight is 364 g/mol. The summed E-state index contributed by atoms with van der Waals surface area (Å²) in [6.07, 6.45) is 3.53. The highest BCUT2D eigenvalue weighted by Crippen LogP contribution is 2.35. The van der Waals surface area contributed by atoms with Gasteiger partial charge < -0.3 is 10.6 Å². The predicted molar refractivity (Wildman–Crippen MR) is 117 cm³/mol. The monoisotopic (exact) mass is 364 g/mol. The first-order chi connectivity index (χ1) is 13.8. The second-order valence-electron chi connectivity index (χ2n) is 6.29. The minimum Gasteiger partial charge on any atom is -0.399 e. The Hall–Kier alpha value is -3.92. The molecule has 0 unspecified atom stereocenters. The molecule has 0 spiro atoms. The number of rotatable bonds is 5. The van der Waals surface area contributed by atoms with Crippen molar-refractivity contribution in [2.45, 2.75) is 0 Å². The van der Waals surface area contributed by atoms with Crippen LogP contribution >= 0.6 is 0 Å². The Balaban J connectivity index is 1.65.